The van der Waals surface area contributed by atoms with Crippen molar-refractivity contribution in [3.63, 3.8) is 0 Å². The first-order chi connectivity index (χ1) is 14.8. The summed E-state index contributed by atoms with van der Waals surface area (Å²) in [6, 6.07) is 4.02. The number of rotatable bonds is 5. The molecular formula is C26H33FN4. The van der Waals surface area contributed by atoms with E-state index >= 15 is 0 Å². The van der Waals surface area contributed by atoms with Crippen LogP contribution in [0.15, 0.2) is 42.3 Å². The number of aromatic nitrogens is 1. The molecule has 1 saturated heterocycles. The van der Waals surface area contributed by atoms with Crippen molar-refractivity contribution in [2.45, 2.75) is 58.4 Å². The van der Waals surface area contributed by atoms with Gasteiger partial charge in [0.25, 0.3) is 0 Å². The highest BCUT2D eigenvalue weighted by Crippen LogP contribution is 2.42. The normalized spacial score (nSPS) is 19.5. The maximum absolute atomic E-state index is 14.1. The van der Waals surface area contributed by atoms with Crippen LogP contribution in [0.1, 0.15) is 75.2 Å². The van der Waals surface area contributed by atoms with Crippen LogP contribution in [0, 0.1) is 5.41 Å². The van der Waals surface area contributed by atoms with Crippen LogP contribution in [-0.4, -0.2) is 28.8 Å². The van der Waals surface area contributed by atoms with E-state index in [1.807, 2.05) is 25.1 Å². The van der Waals surface area contributed by atoms with Gasteiger partial charge in [0.2, 0.25) is 0 Å². The highest BCUT2D eigenvalue weighted by atomic mass is 19.1. The van der Waals surface area contributed by atoms with Gasteiger partial charge in [0, 0.05) is 52.9 Å². The molecule has 0 radical (unpaired) electrons. The monoisotopic (exact) mass is 420 g/mol. The number of piperidine rings is 1. The minimum atomic E-state index is -0.138. The van der Waals surface area contributed by atoms with E-state index in [9.17, 15) is 4.39 Å². The number of hydrogen-bond donors (Lipinski definition) is 2. The smallest absolute Gasteiger partial charge is 0.121 e. The van der Waals surface area contributed by atoms with Gasteiger partial charge in [-0.05, 0) is 62.3 Å². The number of likely N-dealkylation sites (tertiary alicyclic amines) is 1. The highest BCUT2D eigenvalue weighted by molar-refractivity contribution is 6.01. The molecule has 2 aromatic rings. The molecule has 1 aromatic carbocycles. The van der Waals surface area contributed by atoms with Crippen LogP contribution in [-0.2, 0) is 0 Å². The number of hydrogen-bond acceptors (Lipinski definition) is 3. The first kappa shape index (κ1) is 21.4. The molecule has 1 unspecified atom stereocenters. The third kappa shape index (κ3) is 3.71. The number of nitrogen functional groups attached to an aromatic ring is 1. The van der Waals surface area contributed by atoms with Gasteiger partial charge in [0.1, 0.15) is 5.83 Å². The van der Waals surface area contributed by atoms with E-state index in [2.05, 4.69) is 29.9 Å². The van der Waals surface area contributed by atoms with Gasteiger partial charge in [0.15, 0.2) is 0 Å². The summed E-state index contributed by atoms with van der Waals surface area (Å²) >= 11 is 0. The Balaban J connectivity index is 2.00. The standard InChI is InChI=1S/C26H33FN4/c1-16(2)26-25(18(4)30-10-6-5-7-11-30)21-14-23(29)19(15-28)13-24(21)31(26)20-8-9-22(27)17(3)12-20/h9,12-16,20,28H,4-8,10-11,29H2,1-3H3. The Labute approximate surface area is 184 Å². The number of halogens is 1. The lowest BCUT2D eigenvalue weighted by atomic mass is 9.97. The lowest BCUT2D eigenvalue weighted by Gasteiger charge is -2.32. The first-order valence-electron chi connectivity index (χ1n) is 11.3. The quantitative estimate of drug-likeness (QED) is 0.426. The van der Waals surface area contributed by atoms with Crippen LogP contribution in [0.5, 0.6) is 0 Å². The minimum absolute atomic E-state index is 0.0181. The Kier molecular flexibility index (Phi) is 5.78. The molecule has 3 N–H and O–H groups in total. The highest BCUT2D eigenvalue weighted by Gasteiger charge is 2.28. The van der Waals surface area contributed by atoms with Crippen LogP contribution >= 0.6 is 0 Å². The number of fused-ring (bicyclic) bond motifs is 1. The molecule has 1 fully saturated rings. The van der Waals surface area contributed by atoms with Crippen molar-refractivity contribution in [3.8, 4) is 0 Å². The van der Waals surface area contributed by atoms with Gasteiger partial charge >= 0.3 is 0 Å². The fraction of sp³-hybridized carbons (Fsp3) is 0.423. The van der Waals surface area contributed by atoms with Crippen LogP contribution in [0.4, 0.5) is 10.1 Å². The number of allylic oxidation sites excluding steroid dienone is 4. The van der Waals surface area contributed by atoms with Crippen LogP contribution in [0.3, 0.4) is 0 Å². The molecule has 2 heterocycles. The van der Waals surface area contributed by atoms with Gasteiger partial charge in [-0.25, -0.2) is 4.39 Å². The predicted molar refractivity (Wildman–Crippen MR) is 129 cm³/mol. The minimum Gasteiger partial charge on any atom is -0.398 e. The molecule has 2 aliphatic rings. The van der Waals surface area contributed by atoms with Crippen LogP contribution in [0.25, 0.3) is 16.6 Å². The van der Waals surface area contributed by atoms with Gasteiger partial charge in [0.05, 0.1) is 11.6 Å². The summed E-state index contributed by atoms with van der Waals surface area (Å²) < 4.78 is 16.4. The average Bonchev–Trinajstić information content (AvgIpc) is 3.09. The summed E-state index contributed by atoms with van der Waals surface area (Å²) in [4.78, 5) is 2.40. The Hall–Kier alpha value is -2.82. The number of anilines is 1. The van der Waals surface area contributed by atoms with E-state index in [-0.39, 0.29) is 17.8 Å². The third-order valence-electron chi connectivity index (χ3n) is 6.66. The van der Waals surface area contributed by atoms with Gasteiger partial charge < -0.3 is 20.6 Å². The maximum Gasteiger partial charge on any atom is 0.121 e. The Morgan fingerprint density at radius 3 is 2.58 bits per heavy atom. The van der Waals surface area contributed by atoms with Crippen molar-refractivity contribution < 1.29 is 4.39 Å². The average molecular weight is 421 g/mol. The van der Waals surface area contributed by atoms with Gasteiger partial charge in [-0.3, -0.25) is 0 Å². The van der Waals surface area contributed by atoms with E-state index in [1.165, 1.54) is 31.2 Å². The van der Waals surface area contributed by atoms with Gasteiger partial charge in [-0.2, -0.15) is 0 Å². The topological polar surface area (TPSA) is 58.0 Å². The summed E-state index contributed by atoms with van der Waals surface area (Å²) in [5, 5.41) is 8.88. The summed E-state index contributed by atoms with van der Waals surface area (Å²) in [6.45, 7) is 12.8. The lowest BCUT2D eigenvalue weighted by molar-refractivity contribution is 0.326. The predicted octanol–water partition coefficient (Wildman–Crippen LogP) is 6.55. The SMILES string of the molecule is C=C(c1c(C(C)C)n(C2C=C(C)C(F)=CC2)c2cc(C=N)c(N)cc12)N1CCCCC1. The molecule has 1 aliphatic carbocycles. The van der Waals surface area contributed by atoms with Crippen molar-refractivity contribution in [2.24, 2.45) is 0 Å². The second-order valence-electron chi connectivity index (χ2n) is 9.13. The molecule has 1 aliphatic heterocycles. The molecule has 164 valence electrons. The fourth-order valence-electron chi connectivity index (χ4n) is 5.08. The molecule has 4 nitrogen and oxygen atoms in total. The first-order valence-corrected chi connectivity index (χ1v) is 11.3. The Morgan fingerprint density at radius 1 is 1.26 bits per heavy atom. The number of nitrogens with two attached hydrogens (primary N) is 1. The number of nitrogens with one attached hydrogen (secondary N) is 1. The van der Waals surface area contributed by atoms with E-state index in [4.69, 9.17) is 11.1 Å². The maximum atomic E-state index is 14.1. The number of nitrogens with zero attached hydrogens (tertiary/aromatic N) is 2. The van der Waals surface area contributed by atoms with Crippen molar-refractivity contribution in [3.05, 3.63) is 59.1 Å². The molecule has 4 rings (SSSR count). The second kappa shape index (κ2) is 8.37. The van der Waals surface area contributed by atoms with E-state index in [0.717, 1.165) is 35.3 Å². The van der Waals surface area contributed by atoms with Crippen LogP contribution in [0.2, 0.25) is 0 Å². The molecule has 0 bridgehead atoms. The van der Waals surface area contributed by atoms with Crippen molar-refractivity contribution >= 4 is 28.5 Å². The molecule has 0 spiro atoms. The zero-order valence-electron chi connectivity index (χ0n) is 18.8. The van der Waals surface area contributed by atoms with Gasteiger partial charge in [-0.15, -0.1) is 0 Å². The molecule has 1 aromatic heterocycles. The molecular weight excluding hydrogens is 387 g/mol. The molecule has 5 heteroatoms. The Morgan fingerprint density at radius 2 is 1.97 bits per heavy atom. The molecule has 1 atom stereocenters. The fourth-order valence-corrected chi connectivity index (χ4v) is 5.08. The third-order valence-corrected chi connectivity index (χ3v) is 6.66. The Bertz CT molecular complexity index is 1100. The molecule has 0 amide bonds. The second-order valence-corrected chi connectivity index (χ2v) is 9.13. The molecule has 31 heavy (non-hydrogen) atoms. The zero-order chi connectivity index (χ0) is 22.3. The summed E-state index contributed by atoms with van der Waals surface area (Å²) in [5.74, 6) is 0.110. The largest absolute Gasteiger partial charge is 0.398 e. The van der Waals surface area contributed by atoms with Crippen LogP contribution < -0.4 is 5.73 Å². The van der Waals surface area contributed by atoms with Crippen molar-refractivity contribution in [1.82, 2.24) is 9.47 Å². The van der Waals surface area contributed by atoms with Crippen molar-refractivity contribution in [1.29, 1.82) is 5.41 Å². The van der Waals surface area contributed by atoms with E-state index in [1.54, 1.807) is 6.08 Å². The van der Waals surface area contributed by atoms with E-state index < -0.39 is 0 Å². The lowest BCUT2D eigenvalue weighted by Crippen LogP contribution is -2.28. The summed E-state index contributed by atoms with van der Waals surface area (Å²) in [7, 11) is 0. The summed E-state index contributed by atoms with van der Waals surface area (Å²) in [5.41, 5.74) is 12.7. The molecule has 0 saturated carbocycles. The number of benzene rings is 1. The van der Waals surface area contributed by atoms with Crippen molar-refractivity contribution in [2.75, 3.05) is 18.8 Å². The zero-order valence-corrected chi connectivity index (χ0v) is 18.8. The van der Waals surface area contributed by atoms with E-state index in [0.29, 0.717) is 23.2 Å². The van der Waals surface area contributed by atoms with Gasteiger partial charge in [-0.1, -0.05) is 26.5 Å². The summed E-state index contributed by atoms with van der Waals surface area (Å²) in [6.07, 6.45) is 9.25.